The summed E-state index contributed by atoms with van der Waals surface area (Å²) in [6, 6.07) is 0. The third kappa shape index (κ3) is 5.12. The highest BCUT2D eigenvalue weighted by molar-refractivity contribution is 9.12. The third-order valence-electron chi connectivity index (χ3n) is 1.14. The van der Waals surface area contributed by atoms with Gasteiger partial charge in [-0.05, 0) is 15.9 Å². The van der Waals surface area contributed by atoms with E-state index in [4.69, 9.17) is 9.47 Å². The molecule has 0 bridgehead atoms. The fraction of sp³-hybridized carbons (Fsp3) is 0.571. The quantitative estimate of drug-likeness (QED) is 0.402. The summed E-state index contributed by atoms with van der Waals surface area (Å²) in [5, 5.41) is 0. The predicted octanol–water partition coefficient (Wildman–Crippen LogP) is 1.47. The fourth-order valence-electron chi connectivity index (χ4n) is 0.546. The maximum absolute atomic E-state index is 10.1. The van der Waals surface area contributed by atoms with Gasteiger partial charge in [-0.2, -0.15) is 0 Å². The molecule has 64 valence electrons. The molecule has 0 atom stereocenters. The van der Waals surface area contributed by atoms with Crippen molar-refractivity contribution in [3.63, 3.8) is 0 Å². The summed E-state index contributed by atoms with van der Waals surface area (Å²) in [6.07, 6.45) is 2.71. The van der Waals surface area contributed by atoms with E-state index < -0.39 is 0 Å². The van der Waals surface area contributed by atoms with E-state index in [9.17, 15) is 4.79 Å². The van der Waals surface area contributed by atoms with Crippen molar-refractivity contribution in [2.45, 2.75) is 12.7 Å². The van der Waals surface area contributed by atoms with Gasteiger partial charge in [0.2, 0.25) is 0 Å². The van der Waals surface area contributed by atoms with Gasteiger partial charge in [-0.3, -0.25) is 4.79 Å². The lowest BCUT2D eigenvalue weighted by Gasteiger charge is -2.09. The minimum Gasteiger partial charge on any atom is -0.356 e. The third-order valence-corrected chi connectivity index (χ3v) is 1.65. The molecule has 0 unspecified atom stereocenters. The summed E-state index contributed by atoms with van der Waals surface area (Å²) >= 11 is 3.05. The minimum atomic E-state index is -0.275. The first-order valence-electron chi connectivity index (χ1n) is 3.11. The van der Waals surface area contributed by atoms with E-state index in [0.717, 1.165) is 6.29 Å². The van der Waals surface area contributed by atoms with Crippen molar-refractivity contribution in [2.24, 2.45) is 0 Å². The molecule has 0 fully saturated rings. The Morgan fingerprint density at radius 2 is 2.09 bits per heavy atom. The molecule has 0 aliphatic rings. The molecular weight excluding hydrogens is 212 g/mol. The van der Waals surface area contributed by atoms with E-state index in [1.54, 1.807) is 20.3 Å². The van der Waals surface area contributed by atoms with E-state index in [1.165, 1.54) is 0 Å². The van der Waals surface area contributed by atoms with Crippen molar-refractivity contribution >= 4 is 22.2 Å². The molecule has 0 saturated carbocycles. The van der Waals surface area contributed by atoms with Crippen LogP contribution in [0.15, 0.2) is 10.6 Å². The lowest BCUT2D eigenvalue weighted by molar-refractivity contribution is -0.104. The standard InChI is InChI=1S/C7H11BrO3/c1-10-7(11-2)4-3-6(8)5-9/h3,5,7H,4H2,1-2H3. The Kier molecular flexibility index (Phi) is 6.40. The van der Waals surface area contributed by atoms with Crippen molar-refractivity contribution in [2.75, 3.05) is 14.2 Å². The molecule has 4 heteroatoms. The summed E-state index contributed by atoms with van der Waals surface area (Å²) in [5.41, 5.74) is 0. The number of hydrogen-bond donors (Lipinski definition) is 0. The molecule has 0 aromatic rings. The van der Waals surface area contributed by atoms with E-state index in [1.807, 2.05) is 0 Å². The molecule has 0 heterocycles. The van der Waals surface area contributed by atoms with Gasteiger partial charge in [0.25, 0.3) is 0 Å². The Labute approximate surface area is 74.5 Å². The number of carbonyl (C=O) groups excluding carboxylic acids is 1. The first-order chi connectivity index (χ1) is 5.24. The smallest absolute Gasteiger partial charge is 0.160 e. The molecule has 0 aliphatic carbocycles. The molecule has 0 amide bonds. The summed E-state index contributed by atoms with van der Waals surface area (Å²) < 4.78 is 10.3. The Bertz CT molecular complexity index is 141. The molecule has 0 N–H and O–H groups in total. The molecule has 0 rings (SSSR count). The summed E-state index contributed by atoms with van der Waals surface area (Å²) in [7, 11) is 3.10. The van der Waals surface area contributed by atoms with Gasteiger partial charge in [0.1, 0.15) is 0 Å². The van der Waals surface area contributed by atoms with Crippen molar-refractivity contribution in [3.05, 3.63) is 10.6 Å². The molecular formula is C7H11BrO3. The van der Waals surface area contributed by atoms with Crippen LogP contribution in [-0.4, -0.2) is 26.8 Å². The normalized spacial score (nSPS) is 12.2. The van der Waals surface area contributed by atoms with Gasteiger partial charge < -0.3 is 9.47 Å². The van der Waals surface area contributed by atoms with Crippen molar-refractivity contribution < 1.29 is 14.3 Å². The average molecular weight is 223 g/mol. The number of halogens is 1. The number of carbonyl (C=O) groups is 1. The molecule has 0 aromatic heterocycles. The monoisotopic (exact) mass is 222 g/mol. The first-order valence-corrected chi connectivity index (χ1v) is 3.90. The predicted molar refractivity (Wildman–Crippen MR) is 45.5 cm³/mol. The van der Waals surface area contributed by atoms with Gasteiger partial charge >= 0.3 is 0 Å². The van der Waals surface area contributed by atoms with Crippen LogP contribution in [0.1, 0.15) is 6.42 Å². The van der Waals surface area contributed by atoms with Crippen LogP contribution >= 0.6 is 15.9 Å². The zero-order chi connectivity index (χ0) is 8.69. The summed E-state index contributed by atoms with van der Waals surface area (Å²) in [4.78, 5) is 10.1. The van der Waals surface area contributed by atoms with E-state index in [2.05, 4.69) is 15.9 Å². The van der Waals surface area contributed by atoms with Crippen LogP contribution in [0.2, 0.25) is 0 Å². The molecule has 3 nitrogen and oxygen atoms in total. The van der Waals surface area contributed by atoms with Crippen molar-refractivity contribution in [1.82, 2.24) is 0 Å². The van der Waals surface area contributed by atoms with E-state index >= 15 is 0 Å². The Balaban J connectivity index is 3.73. The van der Waals surface area contributed by atoms with Crippen LogP contribution in [0.3, 0.4) is 0 Å². The lowest BCUT2D eigenvalue weighted by atomic mass is 10.4. The van der Waals surface area contributed by atoms with E-state index in [-0.39, 0.29) is 6.29 Å². The van der Waals surface area contributed by atoms with Gasteiger partial charge in [-0.1, -0.05) is 6.08 Å². The van der Waals surface area contributed by atoms with Crippen LogP contribution in [0.5, 0.6) is 0 Å². The number of aldehydes is 1. The second-order valence-corrected chi connectivity index (χ2v) is 2.76. The van der Waals surface area contributed by atoms with Gasteiger partial charge in [0.05, 0.1) is 4.48 Å². The number of methoxy groups -OCH3 is 2. The number of ether oxygens (including phenoxy) is 2. The molecule has 0 aromatic carbocycles. The molecule has 0 radical (unpaired) electrons. The molecule has 0 spiro atoms. The Hall–Kier alpha value is -0.190. The average Bonchev–Trinajstić information content (AvgIpc) is 2.06. The van der Waals surface area contributed by atoms with Gasteiger partial charge in [0, 0.05) is 20.6 Å². The highest BCUT2D eigenvalue weighted by atomic mass is 79.9. The Morgan fingerprint density at radius 3 is 2.45 bits per heavy atom. The largest absolute Gasteiger partial charge is 0.356 e. The van der Waals surface area contributed by atoms with Crippen LogP contribution in [0, 0.1) is 0 Å². The van der Waals surface area contributed by atoms with Gasteiger partial charge in [-0.25, -0.2) is 0 Å². The van der Waals surface area contributed by atoms with Crippen LogP contribution in [0.4, 0.5) is 0 Å². The lowest BCUT2D eigenvalue weighted by Crippen LogP contribution is -2.11. The highest BCUT2D eigenvalue weighted by Gasteiger charge is 2.01. The topological polar surface area (TPSA) is 35.5 Å². The maximum atomic E-state index is 10.1. The zero-order valence-electron chi connectivity index (χ0n) is 6.54. The maximum Gasteiger partial charge on any atom is 0.160 e. The second-order valence-electron chi connectivity index (χ2n) is 1.84. The molecule has 0 aliphatic heterocycles. The van der Waals surface area contributed by atoms with Crippen LogP contribution in [0.25, 0.3) is 0 Å². The van der Waals surface area contributed by atoms with Gasteiger partial charge in [-0.15, -0.1) is 0 Å². The molecule has 0 saturated heterocycles. The first kappa shape index (κ1) is 10.8. The minimum absolute atomic E-state index is 0.275. The summed E-state index contributed by atoms with van der Waals surface area (Å²) in [5.74, 6) is 0. The van der Waals surface area contributed by atoms with Crippen LogP contribution < -0.4 is 0 Å². The highest BCUT2D eigenvalue weighted by Crippen LogP contribution is 2.05. The summed E-state index contributed by atoms with van der Waals surface area (Å²) in [6.45, 7) is 0. The number of allylic oxidation sites excluding steroid dienone is 1. The van der Waals surface area contributed by atoms with Crippen molar-refractivity contribution in [3.8, 4) is 0 Å². The zero-order valence-corrected chi connectivity index (χ0v) is 8.13. The fourth-order valence-corrected chi connectivity index (χ4v) is 0.733. The SMILES string of the molecule is COC(CC=C(Br)C=O)OC. The van der Waals surface area contributed by atoms with Crippen molar-refractivity contribution in [1.29, 1.82) is 0 Å². The van der Waals surface area contributed by atoms with E-state index in [0.29, 0.717) is 10.9 Å². The van der Waals surface area contributed by atoms with Crippen LogP contribution in [-0.2, 0) is 14.3 Å². The number of rotatable bonds is 5. The van der Waals surface area contributed by atoms with Gasteiger partial charge in [0.15, 0.2) is 12.6 Å². The number of hydrogen-bond acceptors (Lipinski definition) is 3. The molecule has 11 heavy (non-hydrogen) atoms. The second kappa shape index (κ2) is 6.52. The Morgan fingerprint density at radius 1 is 1.55 bits per heavy atom.